The number of ether oxygens (including phenoxy) is 3. The van der Waals surface area contributed by atoms with Crippen LogP contribution >= 0.6 is 31.9 Å². The predicted molar refractivity (Wildman–Crippen MR) is 103 cm³/mol. The summed E-state index contributed by atoms with van der Waals surface area (Å²) in [5.74, 6) is 1.000. The minimum atomic E-state index is -0.390. The van der Waals surface area contributed by atoms with Crippen molar-refractivity contribution in [2.45, 2.75) is 0 Å². The van der Waals surface area contributed by atoms with Gasteiger partial charge in [0.2, 0.25) is 0 Å². The Hall–Kier alpha value is -2.26. The molecule has 2 aromatic rings. The summed E-state index contributed by atoms with van der Waals surface area (Å²) in [5, 5.41) is 13.9. The van der Waals surface area contributed by atoms with Gasteiger partial charge in [0.25, 0.3) is 5.91 Å². The maximum absolute atomic E-state index is 12.2. The van der Waals surface area contributed by atoms with Crippen LogP contribution in [0.25, 0.3) is 0 Å². The highest BCUT2D eigenvalue weighted by Crippen LogP contribution is 2.41. The van der Waals surface area contributed by atoms with Gasteiger partial charge in [-0.1, -0.05) is 0 Å². The predicted octanol–water partition coefficient (Wildman–Crippen LogP) is 3.46. The van der Waals surface area contributed by atoms with Crippen LogP contribution in [0.15, 0.2) is 38.3 Å². The van der Waals surface area contributed by atoms with Crippen molar-refractivity contribution in [1.82, 2.24) is 5.43 Å². The molecule has 2 N–H and O–H groups in total. The van der Waals surface area contributed by atoms with Gasteiger partial charge in [-0.2, -0.15) is 5.10 Å². The molecule has 136 valence electrons. The van der Waals surface area contributed by atoms with Crippen LogP contribution in [0.4, 0.5) is 0 Å². The van der Waals surface area contributed by atoms with Gasteiger partial charge >= 0.3 is 0 Å². The zero-order chi connectivity index (χ0) is 18.7. The minimum absolute atomic E-state index is 0.0307. The van der Waals surface area contributed by atoms with Crippen LogP contribution in [0, 0.1) is 0 Å². The SMILES string of the molecule is COc1cc(/C=N\NC(=O)c2ccc3c(c2)OCCO3)c(Br)c(Br)c1O. The maximum atomic E-state index is 12.2. The lowest BCUT2D eigenvalue weighted by Gasteiger charge is -2.18. The summed E-state index contributed by atoms with van der Waals surface area (Å²) in [5.41, 5.74) is 3.45. The molecule has 0 bridgehead atoms. The smallest absolute Gasteiger partial charge is 0.271 e. The first-order chi connectivity index (χ1) is 12.5. The van der Waals surface area contributed by atoms with Crippen LogP contribution in [0.2, 0.25) is 0 Å². The molecule has 0 saturated carbocycles. The molecule has 1 amide bonds. The van der Waals surface area contributed by atoms with Gasteiger partial charge in [0, 0.05) is 15.6 Å². The third-order valence-corrected chi connectivity index (χ3v) is 5.73. The van der Waals surface area contributed by atoms with Crippen LogP contribution in [0.5, 0.6) is 23.0 Å². The van der Waals surface area contributed by atoms with Gasteiger partial charge in [-0.25, -0.2) is 5.43 Å². The van der Waals surface area contributed by atoms with Gasteiger partial charge in [0.05, 0.1) is 17.8 Å². The number of hydrogen-bond donors (Lipinski definition) is 2. The van der Waals surface area contributed by atoms with Crippen molar-refractivity contribution >= 4 is 44.0 Å². The van der Waals surface area contributed by atoms with Gasteiger partial charge in [0.15, 0.2) is 23.0 Å². The summed E-state index contributed by atoms with van der Waals surface area (Å²) >= 11 is 6.61. The molecule has 0 atom stereocenters. The monoisotopic (exact) mass is 484 g/mol. The van der Waals surface area contributed by atoms with E-state index in [0.29, 0.717) is 44.8 Å². The second kappa shape index (κ2) is 7.96. The van der Waals surface area contributed by atoms with E-state index in [1.54, 1.807) is 24.3 Å². The first-order valence-electron chi connectivity index (χ1n) is 7.49. The summed E-state index contributed by atoms with van der Waals surface area (Å²) < 4.78 is 17.0. The van der Waals surface area contributed by atoms with Gasteiger partial charge < -0.3 is 19.3 Å². The first-order valence-corrected chi connectivity index (χ1v) is 9.08. The van der Waals surface area contributed by atoms with E-state index in [2.05, 4.69) is 42.4 Å². The quantitative estimate of drug-likeness (QED) is 0.511. The maximum Gasteiger partial charge on any atom is 0.271 e. The van der Waals surface area contributed by atoms with Crippen molar-refractivity contribution in [2.75, 3.05) is 20.3 Å². The van der Waals surface area contributed by atoms with E-state index >= 15 is 0 Å². The fourth-order valence-corrected chi connectivity index (χ4v) is 3.10. The van der Waals surface area contributed by atoms with E-state index in [1.165, 1.54) is 13.3 Å². The Morgan fingerprint density at radius 1 is 1.23 bits per heavy atom. The molecule has 0 unspecified atom stereocenters. The molecule has 0 fully saturated rings. The number of carbonyl (C=O) groups excluding carboxylic acids is 1. The molecular weight excluding hydrogens is 472 g/mol. The van der Waals surface area contributed by atoms with Gasteiger partial charge in [-0.3, -0.25) is 4.79 Å². The Balaban J connectivity index is 1.74. The molecule has 0 aromatic heterocycles. The van der Waals surface area contributed by atoms with E-state index in [4.69, 9.17) is 14.2 Å². The molecule has 9 heteroatoms. The van der Waals surface area contributed by atoms with Crippen LogP contribution in [0.1, 0.15) is 15.9 Å². The Kier molecular flexibility index (Phi) is 5.67. The van der Waals surface area contributed by atoms with Gasteiger partial charge in [-0.15, -0.1) is 0 Å². The van der Waals surface area contributed by atoms with Crippen LogP contribution in [0.3, 0.4) is 0 Å². The molecule has 0 radical (unpaired) electrons. The number of phenolic OH excluding ortho intramolecular Hbond substituents is 1. The zero-order valence-corrected chi connectivity index (χ0v) is 16.8. The zero-order valence-electron chi connectivity index (χ0n) is 13.6. The van der Waals surface area contributed by atoms with E-state index in [9.17, 15) is 9.90 Å². The topological polar surface area (TPSA) is 89.4 Å². The molecule has 26 heavy (non-hydrogen) atoms. The van der Waals surface area contributed by atoms with E-state index < -0.39 is 0 Å². The Morgan fingerprint density at radius 3 is 2.69 bits per heavy atom. The molecule has 2 aromatic carbocycles. The highest BCUT2D eigenvalue weighted by molar-refractivity contribution is 9.13. The molecule has 0 aliphatic carbocycles. The summed E-state index contributed by atoms with van der Waals surface area (Å²) in [4.78, 5) is 12.2. The van der Waals surface area contributed by atoms with Crippen molar-refractivity contribution in [3.63, 3.8) is 0 Å². The summed E-state index contributed by atoms with van der Waals surface area (Å²) in [6, 6.07) is 6.51. The highest BCUT2D eigenvalue weighted by Gasteiger charge is 2.16. The lowest BCUT2D eigenvalue weighted by Crippen LogP contribution is -2.19. The summed E-state index contributed by atoms with van der Waals surface area (Å²) in [6.07, 6.45) is 1.44. The van der Waals surface area contributed by atoms with E-state index in [1.807, 2.05) is 0 Å². The number of phenols is 1. The third kappa shape index (κ3) is 3.78. The number of nitrogens with one attached hydrogen (secondary N) is 1. The number of hydrogen-bond acceptors (Lipinski definition) is 6. The average molecular weight is 486 g/mol. The van der Waals surface area contributed by atoms with Gasteiger partial charge in [-0.05, 0) is 56.1 Å². The standard InChI is InChI=1S/C17H14Br2N2O5/c1-24-13-7-10(14(18)15(19)16(13)22)8-20-21-17(23)9-2-3-11-12(6-9)26-5-4-25-11/h2-3,6-8,22H,4-5H2,1H3,(H,21,23)/b20-8-. The van der Waals surface area contributed by atoms with Crippen LogP contribution in [-0.2, 0) is 0 Å². The largest absolute Gasteiger partial charge is 0.503 e. The van der Waals surface area contributed by atoms with E-state index in [-0.39, 0.29) is 17.4 Å². The fourth-order valence-electron chi connectivity index (χ4n) is 2.27. The molecular formula is C17H14Br2N2O5. The number of rotatable bonds is 4. The highest BCUT2D eigenvalue weighted by atomic mass is 79.9. The molecule has 1 aliphatic rings. The molecule has 0 spiro atoms. The van der Waals surface area contributed by atoms with Crippen molar-refractivity contribution in [3.05, 3.63) is 44.3 Å². The molecule has 0 saturated heterocycles. The third-order valence-electron chi connectivity index (χ3n) is 3.57. The number of fused-ring (bicyclic) bond motifs is 1. The summed E-state index contributed by atoms with van der Waals surface area (Å²) in [7, 11) is 1.44. The molecule has 7 nitrogen and oxygen atoms in total. The van der Waals surface area contributed by atoms with E-state index in [0.717, 1.165) is 0 Å². The number of hydrazone groups is 1. The number of aromatic hydroxyl groups is 1. The van der Waals surface area contributed by atoms with Crippen LogP contribution in [-0.4, -0.2) is 37.6 Å². The average Bonchev–Trinajstić information content (AvgIpc) is 2.67. The number of halogens is 2. The second-order valence-electron chi connectivity index (χ2n) is 5.20. The number of amides is 1. The number of nitrogens with zero attached hydrogens (tertiary/aromatic N) is 1. The Morgan fingerprint density at radius 2 is 1.96 bits per heavy atom. The Labute approximate surface area is 166 Å². The Bertz CT molecular complexity index is 886. The molecule has 1 heterocycles. The molecule has 1 aliphatic heterocycles. The normalized spacial score (nSPS) is 12.9. The van der Waals surface area contributed by atoms with Gasteiger partial charge in [0.1, 0.15) is 13.2 Å². The van der Waals surface area contributed by atoms with Crippen molar-refractivity contribution in [3.8, 4) is 23.0 Å². The van der Waals surface area contributed by atoms with Crippen molar-refractivity contribution in [1.29, 1.82) is 0 Å². The number of carbonyl (C=O) groups is 1. The van der Waals surface area contributed by atoms with Crippen molar-refractivity contribution < 1.29 is 24.1 Å². The number of methoxy groups -OCH3 is 1. The summed E-state index contributed by atoms with van der Waals surface area (Å²) in [6.45, 7) is 0.936. The minimum Gasteiger partial charge on any atom is -0.503 e. The lowest BCUT2D eigenvalue weighted by atomic mass is 10.2. The molecule has 3 rings (SSSR count). The second-order valence-corrected chi connectivity index (χ2v) is 6.79. The lowest BCUT2D eigenvalue weighted by molar-refractivity contribution is 0.0954. The van der Waals surface area contributed by atoms with Crippen molar-refractivity contribution in [2.24, 2.45) is 5.10 Å². The fraction of sp³-hybridized carbons (Fsp3) is 0.176. The van der Waals surface area contributed by atoms with Crippen LogP contribution < -0.4 is 19.6 Å². The first kappa shape index (κ1) is 18.5. The number of benzene rings is 2.